The summed E-state index contributed by atoms with van der Waals surface area (Å²) < 4.78 is 10.9. The lowest BCUT2D eigenvalue weighted by Gasteiger charge is -2.24. The van der Waals surface area contributed by atoms with E-state index in [0.717, 1.165) is 11.1 Å². The summed E-state index contributed by atoms with van der Waals surface area (Å²) in [4.78, 5) is 24.4. The molecular weight excluding hydrogens is 408 g/mol. The summed E-state index contributed by atoms with van der Waals surface area (Å²) in [6.07, 6.45) is 9.55. The Morgan fingerprint density at radius 1 is 0.750 bits per heavy atom. The average Bonchev–Trinajstić information content (AvgIpc) is 2.72. The molecule has 1 aliphatic carbocycles. The molecule has 2 aromatic rings. The van der Waals surface area contributed by atoms with E-state index in [9.17, 15) is 19.8 Å². The standard InChI is InChI=1S/C26H24O6/c1-26(2)16-22(31-24(29)13-7-18-3-9-20(27)10-4-18)15-23(17-26)32-25(30)14-8-19-5-11-21(28)12-6-19/h3-14,16-17,27-28H,15H2,1-2H3/b13-7+,14-8+. The Labute approximate surface area is 186 Å². The quantitative estimate of drug-likeness (QED) is 0.487. The van der Waals surface area contributed by atoms with Crippen LogP contribution in [-0.2, 0) is 19.1 Å². The van der Waals surface area contributed by atoms with E-state index in [2.05, 4.69) is 0 Å². The van der Waals surface area contributed by atoms with Gasteiger partial charge in [-0.05, 0) is 59.7 Å². The van der Waals surface area contributed by atoms with Gasteiger partial charge in [-0.3, -0.25) is 0 Å². The number of allylic oxidation sites excluding steroid dienone is 2. The summed E-state index contributed by atoms with van der Waals surface area (Å²) in [5.41, 5.74) is 1.02. The van der Waals surface area contributed by atoms with Crippen molar-refractivity contribution in [3.8, 4) is 11.5 Å². The van der Waals surface area contributed by atoms with Crippen LogP contribution in [0.1, 0.15) is 31.4 Å². The molecule has 0 atom stereocenters. The van der Waals surface area contributed by atoms with Crippen molar-refractivity contribution in [1.82, 2.24) is 0 Å². The molecule has 3 rings (SSSR count). The normalized spacial score (nSPS) is 15.3. The maximum atomic E-state index is 12.2. The van der Waals surface area contributed by atoms with Crippen molar-refractivity contribution < 1.29 is 29.3 Å². The summed E-state index contributed by atoms with van der Waals surface area (Å²) in [7, 11) is 0. The van der Waals surface area contributed by atoms with Crippen molar-refractivity contribution in [3.63, 3.8) is 0 Å². The third-order valence-corrected chi connectivity index (χ3v) is 4.49. The molecule has 0 aromatic heterocycles. The fraction of sp³-hybridized carbons (Fsp3) is 0.154. The Morgan fingerprint density at radius 2 is 1.12 bits per heavy atom. The molecule has 1 aliphatic rings. The second kappa shape index (κ2) is 9.83. The second-order valence-electron chi connectivity index (χ2n) is 7.91. The lowest BCUT2D eigenvalue weighted by atomic mass is 9.87. The van der Waals surface area contributed by atoms with Crippen molar-refractivity contribution in [2.24, 2.45) is 5.41 Å². The zero-order valence-electron chi connectivity index (χ0n) is 17.8. The molecule has 0 aliphatic heterocycles. The number of hydrogen-bond donors (Lipinski definition) is 2. The van der Waals surface area contributed by atoms with Gasteiger partial charge in [0.05, 0.1) is 6.42 Å². The predicted molar refractivity (Wildman–Crippen MR) is 121 cm³/mol. The van der Waals surface area contributed by atoms with Crippen LogP contribution in [0.2, 0.25) is 0 Å². The number of benzene rings is 2. The first-order valence-electron chi connectivity index (χ1n) is 10.00. The summed E-state index contributed by atoms with van der Waals surface area (Å²) in [5, 5.41) is 18.6. The number of hydrogen-bond acceptors (Lipinski definition) is 6. The number of phenols is 2. The molecule has 0 amide bonds. The smallest absolute Gasteiger partial charge is 0.335 e. The molecule has 0 saturated carbocycles. The Hall–Kier alpha value is -4.06. The van der Waals surface area contributed by atoms with Crippen LogP contribution in [0.15, 0.2) is 84.4 Å². The minimum absolute atomic E-state index is 0.145. The topological polar surface area (TPSA) is 93.1 Å². The molecule has 0 spiro atoms. The maximum Gasteiger partial charge on any atom is 0.335 e. The third-order valence-electron chi connectivity index (χ3n) is 4.49. The van der Waals surface area contributed by atoms with Crippen LogP contribution < -0.4 is 0 Å². The summed E-state index contributed by atoms with van der Waals surface area (Å²) in [6.45, 7) is 3.82. The van der Waals surface area contributed by atoms with Gasteiger partial charge in [0.2, 0.25) is 0 Å². The molecule has 2 N–H and O–H groups in total. The monoisotopic (exact) mass is 432 g/mol. The zero-order valence-corrected chi connectivity index (χ0v) is 17.8. The molecule has 164 valence electrons. The third kappa shape index (κ3) is 7.02. The van der Waals surface area contributed by atoms with E-state index in [1.807, 2.05) is 26.0 Å². The minimum atomic E-state index is -0.556. The molecule has 0 unspecified atom stereocenters. The highest BCUT2D eigenvalue weighted by molar-refractivity contribution is 5.88. The van der Waals surface area contributed by atoms with Crippen LogP contribution in [0.5, 0.6) is 11.5 Å². The number of carbonyl (C=O) groups excluding carboxylic acids is 2. The van der Waals surface area contributed by atoms with Crippen LogP contribution in [-0.4, -0.2) is 22.2 Å². The molecule has 32 heavy (non-hydrogen) atoms. The summed E-state index contributed by atoms with van der Waals surface area (Å²) in [5.74, 6) is -0.0385. The molecule has 6 heteroatoms. The zero-order chi connectivity index (χ0) is 23.1. The fourth-order valence-electron chi connectivity index (χ4n) is 3.10. The van der Waals surface area contributed by atoms with Crippen LogP contribution in [0.25, 0.3) is 12.2 Å². The Balaban J connectivity index is 1.59. The number of aromatic hydroxyl groups is 2. The molecule has 0 radical (unpaired) electrons. The first-order chi connectivity index (χ1) is 15.2. The number of ether oxygens (including phenoxy) is 2. The van der Waals surface area contributed by atoms with E-state index >= 15 is 0 Å². The first kappa shape index (κ1) is 22.6. The Bertz CT molecular complexity index is 1010. The maximum absolute atomic E-state index is 12.2. The average molecular weight is 432 g/mol. The Morgan fingerprint density at radius 3 is 1.50 bits per heavy atom. The Kier molecular flexibility index (Phi) is 6.95. The highest BCUT2D eigenvalue weighted by atomic mass is 16.6. The van der Waals surface area contributed by atoms with E-state index in [4.69, 9.17) is 9.47 Å². The molecule has 0 fully saturated rings. The number of esters is 2. The van der Waals surface area contributed by atoms with Crippen LogP contribution in [0, 0.1) is 5.41 Å². The van der Waals surface area contributed by atoms with Gasteiger partial charge in [-0.1, -0.05) is 38.1 Å². The van der Waals surface area contributed by atoms with Crippen molar-refractivity contribution >= 4 is 24.1 Å². The van der Waals surface area contributed by atoms with Gasteiger partial charge in [0, 0.05) is 17.6 Å². The van der Waals surface area contributed by atoms with Crippen molar-refractivity contribution in [2.75, 3.05) is 0 Å². The second-order valence-corrected chi connectivity index (χ2v) is 7.91. The van der Waals surface area contributed by atoms with Gasteiger partial charge < -0.3 is 19.7 Å². The summed E-state index contributed by atoms with van der Waals surface area (Å²) >= 11 is 0. The van der Waals surface area contributed by atoms with Gasteiger partial charge in [-0.2, -0.15) is 0 Å². The van der Waals surface area contributed by atoms with Crippen LogP contribution >= 0.6 is 0 Å². The van der Waals surface area contributed by atoms with E-state index in [1.165, 1.54) is 36.4 Å². The molecule has 0 bridgehead atoms. The number of carbonyl (C=O) groups is 2. The molecule has 0 saturated heterocycles. The van der Waals surface area contributed by atoms with Crippen LogP contribution in [0.4, 0.5) is 0 Å². The largest absolute Gasteiger partial charge is 0.508 e. The number of rotatable bonds is 6. The van der Waals surface area contributed by atoms with Crippen molar-refractivity contribution in [2.45, 2.75) is 20.3 Å². The fourth-order valence-corrected chi connectivity index (χ4v) is 3.10. The molecular formula is C26H24O6. The van der Waals surface area contributed by atoms with Crippen LogP contribution in [0.3, 0.4) is 0 Å². The van der Waals surface area contributed by atoms with Crippen molar-refractivity contribution in [1.29, 1.82) is 0 Å². The van der Waals surface area contributed by atoms with E-state index in [0.29, 0.717) is 11.5 Å². The first-order valence-corrected chi connectivity index (χ1v) is 10.00. The predicted octanol–water partition coefficient (Wildman–Crippen LogP) is 5.11. The van der Waals surface area contributed by atoms with E-state index in [1.54, 1.807) is 36.4 Å². The van der Waals surface area contributed by atoms with Gasteiger partial charge in [0.25, 0.3) is 0 Å². The highest BCUT2D eigenvalue weighted by Gasteiger charge is 2.24. The molecule has 2 aromatic carbocycles. The van der Waals surface area contributed by atoms with Crippen molar-refractivity contribution in [3.05, 3.63) is 95.5 Å². The molecule has 6 nitrogen and oxygen atoms in total. The van der Waals surface area contributed by atoms with Gasteiger partial charge in [-0.15, -0.1) is 0 Å². The lowest BCUT2D eigenvalue weighted by molar-refractivity contribution is -0.134. The number of phenolic OH excluding ortho intramolecular Hbond substituents is 2. The molecule has 0 heterocycles. The minimum Gasteiger partial charge on any atom is -0.508 e. The summed E-state index contributed by atoms with van der Waals surface area (Å²) in [6, 6.07) is 12.8. The van der Waals surface area contributed by atoms with E-state index < -0.39 is 17.4 Å². The highest BCUT2D eigenvalue weighted by Crippen LogP contribution is 2.32. The van der Waals surface area contributed by atoms with Gasteiger partial charge in [0.1, 0.15) is 23.0 Å². The van der Waals surface area contributed by atoms with Gasteiger partial charge in [-0.25, -0.2) is 9.59 Å². The van der Waals surface area contributed by atoms with E-state index in [-0.39, 0.29) is 17.9 Å². The van der Waals surface area contributed by atoms with Gasteiger partial charge >= 0.3 is 11.9 Å². The van der Waals surface area contributed by atoms with Gasteiger partial charge in [0.15, 0.2) is 0 Å². The SMILES string of the molecule is CC1(C)C=C(OC(=O)/C=C/c2ccc(O)cc2)CC(OC(=O)/C=C/c2ccc(O)cc2)=C1. The lowest BCUT2D eigenvalue weighted by Crippen LogP contribution is -2.16.